The standard InChI is InChI=1S/C6H5N5/c1-2-4-7-6(3-1)11-5-8-9-10-11/h1-5H. The van der Waals surface area contributed by atoms with Gasteiger partial charge in [-0.05, 0) is 22.6 Å². The number of hydrogen-bond acceptors (Lipinski definition) is 4. The van der Waals surface area contributed by atoms with Gasteiger partial charge in [-0.25, -0.2) is 4.98 Å². The Balaban J connectivity index is 2.46. The molecule has 0 atom stereocenters. The molecule has 0 fully saturated rings. The zero-order valence-corrected chi connectivity index (χ0v) is 5.62. The molecule has 0 bridgehead atoms. The average molecular weight is 147 g/mol. The molecular weight excluding hydrogens is 142 g/mol. The second-order valence-electron chi connectivity index (χ2n) is 1.94. The first-order valence-electron chi connectivity index (χ1n) is 3.11. The van der Waals surface area contributed by atoms with Crippen LogP contribution in [0.15, 0.2) is 30.7 Å². The molecule has 0 N–H and O–H groups in total. The third-order valence-electron chi connectivity index (χ3n) is 1.23. The van der Waals surface area contributed by atoms with Gasteiger partial charge in [-0.3, -0.25) is 0 Å². The molecular formula is C6H5N5. The van der Waals surface area contributed by atoms with E-state index in [0.717, 1.165) is 5.82 Å². The number of nitrogens with zero attached hydrogens (tertiary/aromatic N) is 5. The monoisotopic (exact) mass is 147 g/mol. The first kappa shape index (κ1) is 5.96. The SMILES string of the molecule is c1ccc(-n2cnnn2)nc1. The van der Waals surface area contributed by atoms with Crippen LogP contribution in [0.4, 0.5) is 0 Å². The van der Waals surface area contributed by atoms with E-state index < -0.39 is 0 Å². The molecule has 0 amide bonds. The molecule has 11 heavy (non-hydrogen) atoms. The van der Waals surface area contributed by atoms with E-state index >= 15 is 0 Å². The van der Waals surface area contributed by atoms with Gasteiger partial charge in [-0.2, -0.15) is 4.68 Å². The molecule has 0 spiro atoms. The van der Waals surface area contributed by atoms with E-state index in [0.29, 0.717) is 0 Å². The van der Waals surface area contributed by atoms with Gasteiger partial charge in [0.1, 0.15) is 6.33 Å². The first-order chi connectivity index (χ1) is 5.47. The minimum atomic E-state index is 0.720. The average Bonchev–Trinajstić information content (AvgIpc) is 2.58. The van der Waals surface area contributed by atoms with Crippen molar-refractivity contribution >= 4 is 0 Å². The van der Waals surface area contributed by atoms with E-state index in [9.17, 15) is 0 Å². The third-order valence-corrected chi connectivity index (χ3v) is 1.23. The third kappa shape index (κ3) is 1.07. The van der Waals surface area contributed by atoms with Crippen LogP contribution in [0.5, 0.6) is 0 Å². The van der Waals surface area contributed by atoms with Gasteiger partial charge < -0.3 is 0 Å². The fourth-order valence-corrected chi connectivity index (χ4v) is 0.756. The van der Waals surface area contributed by atoms with Crippen molar-refractivity contribution in [3.63, 3.8) is 0 Å². The quantitative estimate of drug-likeness (QED) is 0.572. The summed E-state index contributed by atoms with van der Waals surface area (Å²) >= 11 is 0. The Hall–Kier alpha value is -1.78. The minimum absolute atomic E-state index is 0.720. The molecule has 2 aromatic rings. The van der Waals surface area contributed by atoms with Gasteiger partial charge in [-0.15, -0.1) is 5.10 Å². The zero-order valence-electron chi connectivity index (χ0n) is 5.62. The molecule has 0 aliphatic heterocycles. The highest BCUT2D eigenvalue weighted by atomic mass is 15.5. The summed E-state index contributed by atoms with van der Waals surface area (Å²) < 4.78 is 1.50. The van der Waals surface area contributed by atoms with Gasteiger partial charge >= 0.3 is 0 Å². The molecule has 0 saturated heterocycles. The van der Waals surface area contributed by atoms with Crippen molar-refractivity contribution in [2.24, 2.45) is 0 Å². The molecule has 0 saturated carbocycles. The highest BCUT2D eigenvalue weighted by molar-refractivity contribution is 5.17. The predicted octanol–water partition coefficient (Wildman–Crippen LogP) is 0.0573. The van der Waals surface area contributed by atoms with Gasteiger partial charge in [0.2, 0.25) is 0 Å². The van der Waals surface area contributed by atoms with Crippen molar-refractivity contribution in [1.29, 1.82) is 0 Å². The number of rotatable bonds is 1. The van der Waals surface area contributed by atoms with E-state index in [2.05, 4.69) is 20.5 Å². The molecule has 0 aliphatic carbocycles. The minimum Gasteiger partial charge on any atom is -0.237 e. The second kappa shape index (κ2) is 2.45. The van der Waals surface area contributed by atoms with Crippen LogP contribution in [0.3, 0.4) is 0 Å². The topological polar surface area (TPSA) is 56.5 Å². The van der Waals surface area contributed by atoms with Crippen LogP contribution in [0, 0.1) is 0 Å². The Kier molecular flexibility index (Phi) is 1.33. The summed E-state index contributed by atoms with van der Waals surface area (Å²) in [5, 5.41) is 10.7. The number of tetrazole rings is 1. The first-order valence-corrected chi connectivity index (χ1v) is 3.11. The highest BCUT2D eigenvalue weighted by Gasteiger charge is 1.94. The second-order valence-corrected chi connectivity index (χ2v) is 1.94. The highest BCUT2D eigenvalue weighted by Crippen LogP contribution is 1.96. The number of pyridine rings is 1. The maximum atomic E-state index is 4.04. The maximum Gasteiger partial charge on any atom is 0.156 e. The smallest absolute Gasteiger partial charge is 0.156 e. The van der Waals surface area contributed by atoms with Crippen LogP contribution in [0.1, 0.15) is 0 Å². The Morgan fingerprint density at radius 1 is 1.27 bits per heavy atom. The molecule has 5 nitrogen and oxygen atoms in total. The molecule has 54 valence electrons. The van der Waals surface area contributed by atoms with Gasteiger partial charge in [0.15, 0.2) is 5.82 Å². The lowest BCUT2D eigenvalue weighted by molar-refractivity contribution is 0.771. The Labute approximate surface area is 62.7 Å². The van der Waals surface area contributed by atoms with Crippen LogP contribution >= 0.6 is 0 Å². The summed E-state index contributed by atoms with van der Waals surface area (Å²) in [7, 11) is 0. The fourth-order valence-electron chi connectivity index (χ4n) is 0.756. The summed E-state index contributed by atoms with van der Waals surface area (Å²) in [6, 6.07) is 5.55. The molecule has 2 aromatic heterocycles. The van der Waals surface area contributed by atoms with Gasteiger partial charge in [0.05, 0.1) is 0 Å². The molecule has 2 heterocycles. The van der Waals surface area contributed by atoms with E-state index in [1.165, 1.54) is 11.0 Å². The molecule has 2 rings (SSSR count). The Morgan fingerprint density at radius 2 is 2.27 bits per heavy atom. The molecule has 0 radical (unpaired) electrons. The number of aromatic nitrogens is 5. The van der Waals surface area contributed by atoms with E-state index in [-0.39, 0.29) is 0 Å². The summed E-state index contributed by atoms with van der Waals surface area (Å²) in [6.07, 6.45) is 3.19. The largest absolute Gasteiger partial charge is 0.237 e. The zero-order chi connectivity index (χ0) is 7.52. The normalized spacial score (nSPS) is 9.82. The summed E-state index contributed by atoms with van der Waals surface area (Å²) in [5.41, 5.74) is 0. The lowest BCUT2D eigenvalue weighted by Crippen LogP contribution is -1.96. The van der Waals surface area contributed by atoms with Crippen LogP contribution in [-0.4, -0.2) is 25.2 Å². The van der Waals surface area contributed by atoms with Crippen LogP contribution in [0.2, 0.25) is 0 Å². The lowest BCUT2D eigenvalue weighted by atomic mass is 10.5. The molecule has 0 aliphatic rings. The Bertz CT molecular complexity index is 314. The summed E-state index contributed by atoms with van der Waals surface area (Å²) in [6.45, 7) is 0. The van der Waals surface area contributed by atoms with Gasteiger partial charge in [0.25, 0.3) is 0 Å². The lowest BCUT2D eigenvalue weighted by Gasteiger charge is -1.93. The van der Waals surface area contributed by atoms with Crippen LogP contribution in [0.25, 0.3) is 5.82 Å². The van der Waals surface area contributed by atoms with Gasteiger partial charge in [-0.1, -0.05) is 6.07 Å². The fraction of sp³-hybridized carbons (Fsp3) is 0. The van der Waals surface area contributed by atoms with E-state index in [1.54, 1.807) is 6.20 Å². The van der Waals surface area contributed by atoms with Crippen LogP contribution in [-0.2, 0) is 0 Å². The Morgan fingerprint density at radius 3 is 2.91 bits per heavy atom. The summed E-state index contributed by atoms with van der Waals surface area (Å²) in [4.78, 5) is 4.04. The van der Waals surface area contributed by atoms with Crippen molar-refractivity contribution in [3.05, 3.63) is 30.7 Å². The molecule has 5 heteroatoms. The van der Waals surface area contributed by atoms with E-state index in [4.69, 9.17) is 0 Å². The molecule has 0 unspecified atom stereocenters. The summed E-state index contributed by atoms with van der Waals surface area (Å²) in [5.74, 6) is 0.720. The van der Waals surface area contributed by atoms with Crippen molar-refractivity contribution in [3.8, 4) is 5.82 Å². The predicted molar refractivity (Wildman–Crippen MR) is 36.9 cm³/mol. The van der Waals surface area contributed by atoms with Crippen molar-refractivity contribution in [2.45, 2.75) is 0 Å². The van der Waals surface area contributed by atoms with Crippen LogP contribution < -0.4 is 0 Å². The van der Waals surface area contributed by atoms with Crippen molar-refractivity contribution in [1.82, 2.24) is 25.2 Å². The van der Waals surface area contributed by atoms with Crippen molar-refractivity contribution in [2.75, 3.05) is 0 Å². The van der Waals surface area contributed by atoms with Crippen molar-refractivity contribution < 1.29 is 0 Å². The molecule has 0 aromatic carbocycles. The number of hydrogen-bond donors (Lipinski definition) is 0. The maximum absolute atomic E-state index is 4.04. The van der Waals surface area contributed by atoms with E-state index in [1.807, 2.05) is 18.2 Å². The van der Waals surface area contributed by atoms with Gasteiger partial charge in [0, 0.05) is 6.20 Å².